The summed E-state index contributed by atoms with van der Waals surface area (Å²) >= 11 is 0. The predicted octanol–water partition coefficient (Wildman–Crippen LogP) is 1.02. The van der Waals surface area contributed by atoms with Gasteiger partial charge in [0.25, 0.3) is 0 Å². The lowest BCUT2D eigenvalue weighted by Gasteiger charge is -1.89. The smallest absolute Gasteiger partial charge is 0.377 e. The van der Waals surface area contributed by atoms with Crippen molar-refractivity contribution in [3.63, 3.8) is 0 Å². The fraction of sp³-hybridized carbons (Fsp3) is 0.500. The highest BCUT2D eigenvalue weighted by Crippen LogP contribution is 1.98. The molecule has 1 rings (SSSR count). The van der Waals surface area contributed by atoms with Crippen LogP contribution in [0, 0.1) is 0 Å². The average molecular weight is 223 g/mol. The quantitative estimate of drug-likeness (QED) is 0.322. The highest BCUT2D eigenvalue weighted by molar-refractivity contribution is 7.30. The van der Waals surface area contributed by atoms with Crippen LogP contribution in [0.4, 0.5) is 0 Å². The Morgan fingerprint density at radius 3 is 1.71 bits per heavy atom. The van der Waals surface area contributed by atoms with Gasteiger partial charge in [0.1, 0.15) is 0 Å². The van der Waals surface area contributed by atoms with Gasteiger partial charge in [-0.2, -0.15) is 0 Å². The van der Waals surface area contributed by atoms with Crippen molar-refractivity contribution in [2.24, 2.45) is 0 Å². The molecule has 82 valence electrons. The van der Waals surface area contributed by atoms with E-state index in [0.717, 1.165) is 13.2 Å². The molecule has 0 saturated carbocycles. The molecule has 0 atom stereocenters. The number of epoxide rings is 1. The monoisotopic (exact) mass is 223 g/mol. The number of hydrogen-bond acceptors (Lipinski definition) is 3. The molecule has 0 unspecified atom stereocenters. The van der Waals surface area contributed by atoms with Crippen LogP contribution < -0.4 is 0 Å². The van der Waals surface area contributed by atoms with Gasteiger partial charge in [-0.3, -0.25) is 0 Å². The summed E-state index contributed by atoms with van der Waals surface area (Å²) in [5, 5.41) is 0. The Morgan fingerprint density at radius 1 is 1.29 bits per heavy atom. The first-order valence-corrected chi connectivity index (χ1v) is 5.04. The van der Waals surface area contributed by atoms with Crippen LogP contribution >= 0.6 is 8.25 Å². The Labute approximate surface area is 84.6 Å². The maximum Gasteiger partial charge on any atom is 0.692 e. The molecule has 0 bridgehead atoms. The molecule has 1 aliphatic rings. The lowest BCUT2D eigenvalue weighted by Crippen LogP contribution is -1.87. The Morgan fingerprint density at radius 2 is 1.57 bits per heavy atom. The van der Waals surface area contributed by atoms with E-state index >= 15 is 0 Å². The summed E-state index contributed by atoms with van der Waals surface area (Å²) < 4.78 is 18.1. The third-order valence-electron chi connectivity index (χ3n) is 0.676. The molecular weight excluding hydrogens is 207 g/mol. The second-order valence-electron chi connectivity index (χ2n) is 1.98. The van der Waals surface area contributed by atoms with Crippen molar-refractivity contribution in [3.8, 4) is 0 Å². The number of hydrogen-bond donors (Lipinski definition) is 2. The first-order chi connectivity index (χ1) is 6.65. The Bertz CT molecular complexity index is 143. The van der Waals surface area contributed by atoms with Gasteiger partial charge in [-0.25, -0.2) is 0 Å². The Balaban J connectivity index is 0. The highest BCUT2D eigenvalue weighted by atomic mass is 31.1. The van der Waals surface area contributed by atoms with Crippen molar-refractivity contribution >= 4 is 8.25 Å². The summed E-state index contributed by atoms with van der Waals surface area (Å²) in [6.07, 6.45) is 3.42. The summed E-state index contributed by atoms with van der Waals surface area (Å²) in [6.45, 7) is 10.2. The maximum absolute atomic E-state index is 8.70. The van der Waals surface area contributed by atoms with E-state index in [-0.39, 0.29) is 0 Å². The fourth-order valence-corrected chi connectivity index (χ4v) is 0.235. The second-order valence-corrected chi connectivity index (χ2v) is 2.49. The molecule has 0 radical (unpaired) electrons. The zero-order chi connectivity index (χ0) is 11.2. The maximum atomic E-state index is 8.70. The van der Waals surface area contributed by atoms with Gasteiger partial charge in [0.15, 0.2) is 0 Å². The van der Waals surface area contributed by atoms with Crippen molar-refractivity contribution in [2.45, 2.75) is 0 Å². The van der Waals surface area contributed by atoms with Gasteiger partial charge >= 0.3 is 8.25 Å². The Hall–Kier alpha value is -0.580. The third-order valence-corrected chi connectivity index (χ3v) is 0.676. The molecule has 0 aromatic rings. The minimum atomic E-state index is -2.87. The molecule has 0 spiro atoms. The van der Waals surface area contributed by atoms with Crippen LogP contribution in [-0.2, 0) is 14.0 Å². The van der Waals surface area contributed by atoms with Crippen molar-refractivity contribution in [1.82, 2.24) is 0 Å². The van der Waals surface area contributed by atoms with Gasteiger partial charge < -0.3 is 9.47 Å². The largest absolute Gasteiger partial charge is 0.692 e. The molecule has 1 heterocycles. The van der Waals surface area contributed by atoms with Crippen molar-refractivity contribution in [2.75, 3.05) is 26.4 Å². The van der Waals surface area contributed by atoms with Gasteiger partial charge in [-0.15, -0.1) is 22.9 Å². The van der Waals surface area contributed by atoms with Crippen LogP contribution in [0.2, 0.25) is 0 Å². The first kappa shape index (κ1) is 15.9. The van der Waals surface area contributed by atoms with Crippen LogP contribution in [0.1, 0.15) is 0 Å². The van der Waals surface area contributed by atoms with Gasteiger partial charge in [0, 0.05) is 4.57 Å². The van der Waals surface area contributed by atoms with E-state index in [9.17, 15) is 0 Å². The van der Waals surface area contributed by atoms with Crippen LogP contribution in [-0.4, -0.2) is 36.2 Å². The van der Waals surface area contributed by atoms with Gasteiger partial charge in [0.05, 0.1) is 26.4 Å². The van der Waals surface area contributed by atoms with E-state index in [4.69, 9.17) is 19.1 Å². The van der Waals surface area contributed by atoms with E-state index in [1.807, 2.05) is 0 Å². The SMILES string of the molecule is C1CO1.C=CCOCC=C.O=[P+](O)O. The minimum Gasteiger partial charge on any atom is -0.377 e. The molecule has 0 aromatic carbocycles. The van der Waals surface area contributed by atoms with Crippen molar-refractivity contribution in [1.29, 1.82) is 0 Å². The van der Waals surface area contributed by atoms with Crippen LogP contribution in [0.5, 0.6) is 0 Å². The summed E-state index contributed by atoms with van der Waals surface area (Å²) in [6, 6.07) is 0. The predicted molar refractivity (Wildman–Crippen MR) is 54.1 cm³/mol. The number of rotatable bonds is 4. The molecule has 0 aromatic heterocycles. The van der Waals surface area contributed by atoms with Crippen LogP contribution in [0.3, 0.4) is 0 Å². The lowest BCUT2D eigenvalue weighted by molar-refractivity contribution is 0.194. The van der Waals surface area contributed by atoms with E-state index < -0.39 is 8.25 Å². The van der Waals surface area contributed by atoms with E-state index in [0.29, 0.717) is 13.2 Å². The standard InChI is InChI=1S/C6H10O.C2H4O.HO3P/c1-3-5-7-6-4-2;1-2-3-1;1-4(2)3/h3-4H,1-2,5-6H2;1-2H2;(H-,1,2,3)/p+1. The van der Waals surface area contributed by atoms with E-state index in [2.05, 4.69) is 17.9 Å². The molecular formula is C8H16O5P+. The molecule has 1 saturated heterocycles. The molecule has 5 nitrogen and oxygen atoms in total. The highest BCUT2D eigenvalue weighted by Gasteiger charge is 1.94. The van der Waals surface area contributed by atoms with Gasteiger partial charge in [0.2, 0.25) is 0 Å². The summed E-state index contributed by atoms with van der Waals surface area (Å²) in [5.41, 5.74) is 0. The minimum absolute atomic E-state index is 0.617. The number of ether oxygens (including phenoxy) is 2. The third kappa shape index (κ3) is 63.5. The summed E-state index contributed by atoms with van der Waals surface area (Å²) in [7, 11) is -2.87. The average Bonchev–Trinajstić information content (AvgIpc) is 2.90. The normalized spacial score (nSPS) is 11.0. The zero-order valence-corrected chi connectivity index (χ0v) is 8.86. The topological polar surface area (TPSA) is 79.3 Å². The Kier molecular flexibility index (Phi) is 16.9. The molecule has 0 amide bonds. The van der Waals surface area contributed by atoms with Gasteiger partial charge in [-0.05, 0) is 0 Å². The van der Waals surface area contributed by atoms with Crippen molar-refractivity contribution in [3.05, 3.63) is 25.3 Å². The first-order valence-electron chi connectivity index (χ1n) is 3.87. The summed E-state index contributed by atoms with van der Waals surface area (Å²) in [5.74, 6) is 0. The van der Waals surface area contributed by atoms with Gasteiger partial charge in [-0.1, -0.05) is 12.2 Å². The van der Waals surface area contributed by atoms with E-state index in [1.54, 1.807) is 12.2 Å². The lowest BCUT2D eigenvalue weighted by atomic mass is 10.6. The van der Waals surface area contributed by atoms with Crippen LogP contribution in [0.25, 0.3) is 0 Å². The molecule has 6 heteroatoms. The zero-order valence-electron chi connectivity index (χ0n) is 7.96. The van der Waals surface area contributed by atoms with E-state index in [1.165, 1.54) is 0 Å². The van der Waals surface area contributed by atoms with Crippen LogP contribution in [0.15, 0.2) is 25.3 Å². The molecule has 0 aliphatic carbocycles. The summed E-state index contributed by atoms with van der Waals surface area (Å²) in [4.78, 5) is 14.2. The van der Waals surface area contributed by atoms with Crippen molar-refractivity contribution < 1.29 is 23.8 Å². The molecule has 1 fully saturated rings. The second kappa shape index (κ2) is 14.9. The molecule has 2 N–H and O–H groups in total. The molecule has 14 heavy (non-hydrogen) atoms. The molecule has 1 aliphatic heterocycles. The fourth-order valence-electron chi connectivity index (χ4n) is 0.235.